The van der Waals surface area contributed by atoms with Crippen molar-refractivity contribution in [2.75, 3.05) is 32.8 Å². The number of ether oxygens (including phenoxy) is 1. The molecule has 2 aliphatic rings. The summed E-state index contributed by atoms with van der Waals surface area (Å²) in [7, 11) is 0. The Bertz CT molecular complexity index is 426. The van der Waals surface area contributed by atoms with Gasteiger partial charge in [-0.1, -0.05) is 6.92 Å². The zero-order valence-electron chi connectivity index (χ0n) is 12.6. The Hall–Kier alpha value is -0.840. The molecule has 0 aromatic carbocycles. The lowest BCUT2D eigenvalue weighted by Crippen LogP contribution is -2.46. The van der Waals surface area contributed by atoms with Crippen molar-refractivity contribution in [2.24, 2.45) is 5.92 Å². The van der Waals surface area contributed by atoms with E-state index in [9.17, 15) is 0 Å². The summed E-state index contributed by atoms with van der Waals surface area (Å²) in [5.41, 5.74) is 0. The second-order valence-corrected chi connectivity index (χ2v) is 6.25. The Morgan fingerprint density at radius 2 is 2.10 bits per heavy atom. The third kappa shape index (κ3) is 3.43. The summed E-state index contributed by atoms with van der Waals surface area (Å²) in [5, 5.41) is 3.51. The lowest BCUT2D eigenvalue weighted by molar-refractivity contribution is 0.0203. The third-order valence-electron chi connectivity index (χ3n) is 4.57. The second-order valence-electron chi connectivity index (χ2n) is 6.25. The van der Waals surface area contributed by atoms with E-state index in [0.29, 0.717) is 12.0 Å². The molecule has 20 heavy (non-hydrogen) atoms. The predicted octanol–water partition coefficient (Wildman–Crippen LogP) is 2.21. The number of hydrogen-bond acceptors (Lipinski definition) is 4. The van der Waals surface area contributed by atoms with Gasteiger partial charge in [-0.05, 0) is 31.4 Å². The zero-order valence-corrected chi connectivity index (χ0v) is 12.6. The fourth-order valence-electron chi connectivity index (χ4n) is 2.96. The number of hydrogen-bond donors (Lipinski definition) is 1. The molecule has 0 bridgehead atoms. The highest BCUT2D eigenvalue weighted by atomic mass is 16.5. The highest BCUT2D eigenvalue weighted by Crippen LogP contribution is 2.47. The van der Waals surface area contributed by atoms with E-state index in [-0.39, 0.29) is 0 Å². The lowest BCUT2D eigenvalue weighted by atomic mass is 10.2. The molecule has 3 rings (SSSR count). The van der Waals surface area contributed by atoms with Gasteiger partial charge >= 0.3 is 0 Å². The van der Waals surface area contributed by atoms with Gasteiger partial charge in [0.1, 0.15) is 11.5 Å². The van der Waals surface area contributed by atoms with Gasteiger partial charge in [-0.3, -0.25) is 4.90 Å². The van der Waals surface area contributed by atoms with E-state index in [1.165, 1.54) is 12.2 Å². The SMILES string of the molecule is CC1CC1c1ccc(CNCC(C)N2CCOCC2)o1. The van der Waals surface area contributed by atoms with Crippen LogP contribution >= 0.6 is 0 Å². The largest absolute Gasteiger partial charge is 0.464 e. The molecule has 1 saturated carbocycles. The van der Waals surface area contributed by atoms with Crippen LogP contribution < -0.4 is 5.32 Å². The summed E-state index contributed by atoms with van der Waals surface area (Å²) in [6, 6.07) is 4.82. The third-order valence-corrected chi connectivity index (χ3v) is 4.57. The van der Waals surface area contributed by atoms with Crippen molar-refractivity contribution in [1.29, 1.82) is 0 Å². The minimum absolute atomic E-state index is 0.553. The van der Waals surface area contributed by atoms with Gasteiger partial charge in [0.15, 0.2) is 0 Å². The minimum atomic E-state index is 0.553. The average molecular weight is 278 g/mol. The summed E-state index contributed by atoms with van der Waals surface area (Å²) in [4.78, 5) is 2.48. The van der Waals surface area contributed by atoms with Gasteiger partial charge in [-0.15, -0.1) is 0 Å². The fourth-order valence-corrected chi connectivity index (χ4v) is 2.96. The molecule has 4 nitrogen and oxygen atoms in total. The van der Waals surface area contributed by atoms with Crippen molar-refractivity contribution in [3.05, 3.63) is 23.7 Å². The first kappa shape index (κ1) is 14.1. The molecule has 2 heterocycles. The van der Waals surface area contributed by atoms with Crippen LogP contribution in [-0.2, 0) is 11.3 Å². The van der Waals surface area contributed by atoms with Gasteiger partial charge in [0.2, 0.25) is 0 Å². The van der Waals surface area contributed by atoms with Crippen LogP contribution in [0.5, 0.6) is 0 Å². The van der Waals surface area contributed by atoms with E-state index in [1.54, 1.807) is 0 Å². The van der Waals surface area contributed by atoms with E-state index in [1.807, 2.05) is 0 Å². The van der Waals surface area contributed by atoms with E-state index in [4.69, 9.17) is 9.15 Å². The van der Waals surface area contributed by atoms with Crippen LogP contribution in [0.4, 0.5) is 0 Å². The first-order valence-electron chi connectivity index (χ1n) is 7.85. The number of rotatable bonds is 6. The molecule has 1 saturated heterocycles. The van der Waals surface area contributed by atoms with E-state index < -0.39 is 0 Å². The molecule has 0 spiro atoms. The van der Waals surface area contributed by atoms with Crippen LogP contribution in [-0.4, -0.2) is 43.8 Å². The molecule has 1 aliphatic heterocycles. The van der Waals surface area contributed by atoms with Gasteiger partial charge in [0.05, 0.1) is 19.8 Å². The molecular formula is C16H26N2O2. The number of furan rings is 1. The van der Waals surface area contributed by atoms with Gasteiger partial charge in [-0.2, -0.15) is 0 Å². The van der Waals surface area contributed by atoms with Crippen molar-refractivity contribution < 1.29 is 9.15 Å². The lowest BCUT2D eigenvalue weighted by Gasteiger charge is -2.32. The summed E-state index contributed by atoms with van der Waals surface area (Å²) >= 11 is 0. The van der Waals surface area contributed by atoms with Gasteiger partial charge < -0.3 is 14.5 Å². The van der Waals surface area contributed by atoms with Crippen LogP contribution in [0, 0.1) is 5.92 Å². The molecule has 0 radical (unpaired) electrons. The van der Waals surface area contributed by atoms with Crippen LogP contribution in [0.2, 0.25) is 0 Å². The van der Waals surface area contributed by atoms with Crippen molar-refractivity contribution in [3.63, 3.8) is 0 Å². The summed E-state index contributed by atoms with van der Waals surface area (Å²) in [6.07, 6.45) is 1.29. The minimum Gasteiger partial charge on any atom is -0.464 e. The van der Waals surface area contributed by atoms with Crippen LogP contribution in [0.1, 0.15) is 37.7 Å². The highest BCUT2D eigenvalue weighted by molar-refractivity contribution is 5.17. The van der Waals surface area contributed by atoms with Gasteiger partial charge in [0.25, 0.3) is 0 Å². The first-order chi connectivity index (χ1) is 9.74. The van der Waals surface area contributed by atoms with E-state index in [0.717, 1.165) is 51.1 Å². The fraction of sp³-hybridized carbons (Fsp3) is 0.750. The number of nitrogens with one attached hydrogen (secondary N) is 1. The van der Waals surface area contributed by atoms with Crippen molar-refractivity contribution in [2.45, 2.75) is 38.8 Å². The van der Waals surface area contributed by atoms with Crippen molar-refractivity contribution in [3.8, 4) is 0 Å². The molecule has 2 fully saturated rings. The molecule has 4 heteroatoms. The average Bonchev–Trinajstić information content (AvgIpc) is 3.01. The molecule has 3 atom stereocenters. The first-order valence-corrected chi connectivity index (χ1v) is 7.85. The Balaban J connectivity index is 1.39. The molecule has 1 aromatic heterocycles. The van der Waals surface area contributed by atoms with Crippen molar-refractivity contribution >= 4 is 0 Å². The Morgan fingerprint density at radius 3 is 2.80 bits per heavy atom. The summed E-state index contributed by atoms with van der Waals surface area (Å²) in [6.45, 7) is 10.2. The van der Waals surface area contributed by atoms with Gasteiger partial charge in [-0.25, -0.2) is 0 Å². The van der Waals surface area contributed by atoms with E-state index in [2.05, 4.69) is 36.2 Å². The van der Waals surface area contributed by atoms with Crippen LogP contribution in [0.3, 0.4) is 0 Å². The Labute approximate surface area is 121 Å². The molecule has 1 aromatic rings. The zero-order chi connectivity index (χ0) is 13.9. The topological polar surface area (TPSA) is 37.6 Å². The van der Waals surface area contributed by atoms with Gasteiger partial charge in [0, 0.05) is 31.6 Å². The molecule has 1 aliphatic carbocycles. The Kier molecular flexibility index (Phi) is 4.44. The normalized spacial score (nSPS) is 28.5. The number of nitrogens with zero attached hydrogens (tertiary/aromatic N) is 1. The maximum absolute atomic E-state index is 5.91. The summed E-state index contributed by atoms with van der Waals surface area (Å²) in [5.74, 6) is 3.73. The quantitative estimate of drug-likeness (QED) is 0.866. The maximum atomic E-state index is 5.91. The van der Waals surface area contributed by atoms with Crippen LogP contribution in [0.25, 0.3) is 0 Å². The van der Waals surface area contributed by atoms with Crippen LogP contribution in [0.15, 0.2) is 16.5 Å². The molecular weight excluding hydrogens is 252 g/mol. The standard InChI is InChI=1S/C16H26N2O2/c1-12-9-15(12)16-4-3-14(20-16)11-17-10-13(2)18-5-7-19-8-6-18/h3-4,12-13,15,17H,5-11H2,1-2H3. The molecule has 0 amide bonds. The molecule has 112 valence electrons. The number of morpholine rings is 1. The van der Waals surface area contributed by atoms with E-state index >= 15 is 0 Å². The monoisotopic (exact) mass is 278 g/mol. The second kappa shape index (κ2) is 6.29. The maximum Gasteiger partial charge on any atom is 0.117 e. The smallest absolute Gasteiger partial charge is 0.117 e. The predicted molar refractivity (Wildman–Crippen MR) is 78.8 cm³/mol. The van der Waals surface area contributed by atoms with Crippen molar-refractivity contribution in [1.82, 2.24) is 10.2 Å². The highest BCUT2D eigenvalue weighted by Gasteiger charge is 2.36. The molecule has 3 unspecified atom stereocenters. The Morgan fingerprint density at radius 1 is 1.35 bits per heavy atom. The summed E-state index contributed by atoms with van der Waals surface area (Å²) < 4.78 is 11.3. The molecule has 1 N–H and O–H groups in total.